The first-order valence-electron chi connectivity index (χ1n) is 10.2. The van der Waals surface area contributed by atoms with Crippen LogP contribution in [0.5, 0.6) is 11.5 Å². The topological polar surface area (TPSA) is 18.5 Å². The molecule has 0 aliphatic rings. The van der Waals surface area contributed by atoms with Crippen molar-refractivity contribution in [3.63, 3.8) is 0 Å². The second-order valence-corrected chi connectivity index (χ2v) is 7.56. The van der Waals surface area contributed by atoms with Crippen LogP contribution < -0.4 is 9.47 Å². The fourth-order valence-electron chi connectivity index (χ4n) is 3.47. The Kier molecular flexibility index (Phi) is 6.14. The molecular weight excluding hydrogens is 368 g/mol. The molecule has 0 aliphatic carbocycles. The molecule has 0 atom stereocenters. The lowest BCUT2D eigenvalue weighted by Gasteiger charge is -2.13. The zero-order valence-electron chi connectivity index (χ0n) is 17.5. The molecule has 0 saturated carbocycles. The van der Waals surface area contributed by atoms with Crippen molar-refractivity contribution < 1.29 is 9.47 Å². The monoisotopic (exact) mass is 394 g/mol. The molecule has 2 heteroatoms. The largest absolute Gasteiger partial charge is 0.489 e. The van der Waals surface area contributed by atoms with Crippen LogP contribution in [0.25, 0.3) is 11.1 Å². The summed E-state index contributed by atoms with van der Waals surface area (Å²) < 4.78 is 12.1. The van der Waals surface area contributed by atoms with E-state index in [1.54, 1.807) is 0 Å². The lowest BCUT2D eigenvalue weighted by atomic mass is 10.0. The van der Waals surface area contributed by atoms with E-state index >= 15 is 0 Å². The molecule has 4 aromatic carbocycles. The Hall–Kier alpha value is -3.52. The van der Waals surface area contributed by atoms with Crippen molar-refractivity contribution in [1.29, 1.82) is 0 Å². The quantitative estimate of drug-likeness (QED) is 0.332. The van der Waals surface area contributed by atoms with Crippen molar-refractivity contribution in [3.8, 4) is 22.6 Å². The second-order valence-electron chi connectivity index (χ2n) is 7.56. The van der Waals surface area contributed by atoms with Crippen LogP contribution in [0, 0.1) is 13.8 Å². The molecule has 0 aromatic heterocycles. The van der Waals surface area contributed by atoms with E-state index in [0.29, 0.717) is 13.2 Å². The number of aryl methyl sites for hydroxylation is 2. The maximum atomic E-state index is 6.05. The van der Waals surface area contributed by atoms with Gasteiger partial charge in [-0.2, -0.15) is 0 Å². The number of hydrogen-bond donors (Lipinski definition) is 0. The molecule has 0 saturated heterocycles. The number of hydrogen-bond acceptors (Lipinski definition) is 2. The van der Waals surface area contributed by atoms with E-state index in [1.165, 1.54) is 11.1 Å². The van der Waals surface area contributed by atoms with Gasteiger partial charge in [0.25, 0.3) is 0 Å². The molecule has 0 fully saturated rings. The predicted molar refractivity (Wildman–Crippen MR) is 123 cm³/mol. The lowest BCUT2D eigenvalue weighted by molar-refractivity contribution is 0.304. The summed E-state index contributed by atoms with van der Waals surface area (Å²) in [5.41, 5.74) is 6.94. The van der Waals surface area contributed by atoms with Gasteiger partial charge in [-0.1, -0.05) is 72.8 Å². The summed E-state index contributed by atoms with van der Waals surface area (Å²) in [6.45, 7) is 5.33. The van der Waals surface area contributed by atoms with Crippen molar-refractivity contribution in [2.75, 3.05) is 0 Å². The zero-order chi connectivity index (χ0) is 20.8. The fourth-order valence-corrected chi connectivity index (χ4v) is 3.47. The molecule has 2 nitrogen and oxygen atoms in total. The van der Waals surface area contributed by atoms with Crippen molar-refractivity contribution in [1.82, 2.24) is 0 Å². The molecule has 0 aliphatic heterocycles. The summed E-state index contributed by atoms with van der Waals surface area (Å²) in [6, 6.07) is 33.2. The van der Waals surface area contributed by atoms with Crippen molar-refractivity contribution in [2.45, 2.75) is 27.1 Å². The Morgan fingerprint density at radius 1 is 0.567 bits per heavy atom. The van der Waals surface area contributed by atoms with Crippen LogP contribution >= 0.6 is 0 Å². The van der Waals surface area contributed by atoms with Gasteiger partial charge in [-0.25, -0.2) is 0 Å². The summed E-state index contributed by atoms with van der Waals surface area (Å²) in [5.74, 6) is 1.80. The third-order valence-electron chi connectivity index (χ3n) is 5.04. The molecule has 4 rings (SSSR count). The highest BCUT2D eigenvalue weighted by atomic mass is 16.5. The van der Waals surface area contributed by atoms with E-state index in [1.807, 2.05) is 36.4 Å². The minimum Gasteiger partial charge on any atom is -0.489 e. The lowest BCUT2D eigenvalue weighted by Crippen LogP contribution is -1.97. The van der Waals surface area contributed by atoms with Gasteiger partial charge in [-0.3, -0.25) is 0 Å². The molecule has 0 amide bonds. The molecule has 0 heterocycles. The average Bonchev–Trinajstić information content (AvgIpc) is 2.78. The normalized spacial score (nSPS) is 10.6. The van der Waals surface area contributed by atoms with Gasteiger partial charge < -0.3 is 9.47 Å². The van der Waals surface area contributed by atoms with Crippen LogP contribution in [-0.2, 0) is 13.2 Å². The Morgan fingerprint density at radius 2 is 1.20 bits per heavy atom. The molecule has 0 spiro atoms. The Morgan fingerprint density at radius 3 is 1.83 bits per heavy atom. The summed E-state index contributed by atoms with van der Waals surface area (Å²) >= 11 is 0. The summed E-state index contributed by atoms with van der Waals surface area (Å²) in [6.07, 6.45) is 0. The summed E-state index contributed by atoms with van der Waals surface area (Å²) in [5, 5.41) is 0. The second kappa shape index (κ2) is 9.32. The first-order chi connectivity index (χ1) is 14.7. The highest BCUT2D eigenvalue weighted by Crippen LogP contribution is 2.30. The van der Waals surface area contributed by atoms with Crippen LogP contribution in [0.3, 0.4) is 0 Å². The van der Waals surface area contributed by atoms with E-state index in [0.717, 1.165) is 33.8 Å². The Bertz CT molecular complexity index is 1100. The maximum absolute atomic E-state index is 6.05. The van der Waals surface area contributed by atoms with Crippen LogP contribution in [-0.4, -0.2) is 0 Å². The van der Waals surface area contributed by atoms with Gasteiger partial charge in [0, 0.05) is 0 Å². The van der Waals surface area contributed by atoms with Gasteiger partial charge >= 0.3 is 0 Å². The number of rotatable bonds is 7. The molecule has 150 valence electrons. The van der Waals surface area contributed by atoms with Gasteiger partial charge in [-0.05, 0) is 71.5 Å². The van der Waals surface area contributed by atoms with Crippen LogP contribution in [0.2, 0.25) is 0 Å². The van der Waals surface area contributed by atoms with Crippen molar-refractivity contribution in [3.05, 3.63) is 119 Å². The number of ether oxygens (including phenoxy) is 2. The van der Waals surface area contributed by atoms with Gasteiger partial charge in [0.2, 0.25) is 0 Å². The van der Waals surface area contributed by atoms with E-state index in [-0.39, 0.29) is 0 Å². The van der Waals surface area contributed by atoms with Gasteiger partial charge in [-0.15, -0.1) is 0 Å². The van der Waals surface area contributed by atoms with E-state index in [2.05, 4.69) is 74.5 Å². The first-order valence-corrected chi connectivity index (χ1v) is 10.2. The molecule has 0 bridgehead atoms. The average molecular weight is 395 g/mol. The first kappa shape index (κ1) is 19.8. The van der Waals surface area contributed by atoms with Gasteiger partial charge in [0.05, 0.1) is 0 Å². The molecule has 0 radical (unpaired) electrons. The van der Waals surface area contributed by atoms with Crippen molar-refractivity contribution in [2.24, 2.45) is 0 Å². The van der Waals surface area contributed by atoms with E-state index in [4.69, 9.17) is 9.47 Å². The van der Waals surface area contributed by atoms with Crippen LogP contribution in [0.4, 0.5) is 0 Å². The summed E-state index contributed by atoms with van der Waals surface area (Å²) in [4.78, 5) is 0. The molecule has 0 N–H and O–H groups in total. The maximum Gasteiger partial charge on any atom is 0.122 e. The molecule has 4 aromatic rings. The molecule has 0 unspecified atom stereocenters. The Labute approximate surface area is 178 Å². The SMILES string of the molecule is Cc1cc(OCc2ccccc2)cc(-c2ccc(OCc3ccccc3)c(C)c2)c1. The molecular formula is C28H26O2. The van der Waals surface area contributed by atoms with Crippen LogP contribution in [0.1, 0.15) is 22.3 Å². The van der Waals surface area contributed by atoms with Crippen LogP contribution in [0.15, 0.2) is 97.1 Å². The highest BCUT2D eigenvalue weighted by Gasteiger charge is 2.07. The standard InChI is InChI=1S/C28H26O2/c1-21-15-26(18-27(16-21)29-19-23-9-5-3-6-10-23)25-13-14-28(22(2)17-25)30-20-24-11-7-4-8-12-24/h3-18H,19-20H2,1-2H3. The minimum absolute atomic E-state index is 0.565. The van der Waals surface area contributed by atoms with Gasteiger partial charge in [0.15, 0.2) is 0 Å². The number of benzene rings is 4. The third kappa shape index (κ3) is 5.09. The van der Waals surface area contributed by atoms with E-state index < -0.39 is 0 Å². The Balaban J connectivity index is 1.49. The predicted octanol–water partition coefficient (Wildman–Crippen LogP) is 7.13. The van der Waals surface area contributed by atoms with Crippen molar-refractivity contribution >= 4 is 0 Å². The zero-order valence-corrected chi connectivity index (χ0v) is 17.5. The fraction of sp³-hybridized carbons (Fsp3) is 0.143. The smallest absolute Gasteiger partial charge is 0.122 e. The highest BCUT2D eigenvalue weighted by molar-refractivity contribution is 5.68. The minimum atomic E-state index is 0.565. The summed E-state index contributed by atoms with van der Waals surface area (Å²) in [7, 11) is 0. The molecule has 30 heavy (non-hydrogen) atoms. The third-order valence-corrected chi connectivity index (χ3v) is 5.04. The van der Waals surface area contributed by atoms with E-state index in [9.17, 15) is 0 Å². The van der Waals surface area contributed by atoms with Gasteiger partial charge in [0.1, 0.15) is 24.7 Å².